The average molecular weight is 404 g/mol. The van der Waals surface area contributed by atoms with Crippen molar-refractivity contribution in [2.75, 3.05) is 13.6 Å². The van der Waals surface area contributed by atoms with Gasteiger partial charge < -0.3 is 9.64 Å². The lowest BCUT2D eigenvalue weighted by molar-refractivity contribution is 0.215. The van der Waals surface area contributed by atoms with Crippen LogP contribution in [-0.4, -0.2) is 29.8 Å². The highest BCUT2D eigenvalue weighted by Gasteiger charge is 2.13. The van der Waals surface area contributed by atoms with Crippen LogP contribution in [0.5, 0.6) is 5.88 Å². The molecule has 134 valence electrons. The Morgan fingerprint density at radius 1 is 1.32 bits per heavy atom. The van der Waals surface area contributed by atoms with E-state index in [0.29, 0.717) is 5.88 Å². The summed E-state index contributed by atoms with van der Waals surface area (Å²) in [5.74, 6) is 0.592. The van der Waals surface area contributed by atoms with Gasteiger partial charge in [0, 0.05) is 13.6 Å². The topological polar surface area (TPSA) is 37.7 Å². The van der Waals surface area contributed by atoms with Crippen LogP contribution in [0, 0.1) is 6.92 Å². The van der Waals surface area contributed by atoms with Gasteiger partial charge in [-0.05, 0) is 60.3 Å². The SMILES string of the molecule is CCc1cccc(C(C)Oc2nc(C)c(/N=C/N(C)CC)cc2Br)c1. The van der Waals surface area contributed by atoms with E-state index in [1.807, 2.05) is 38.2 Å². The third-order valence-electron chi connectivity index (χ3n) is 4.12. The molecule has 0 radical (unpaired) electrons. The minimum absolute atomic E-state index is 0.0738. The molecule has 2 aromatic rings. The number of pyridine rings is 1. The maximum atomic E-state index is 6.09. The van der Waals surface area contributed by atoms with Crippen LogP contribution in [0.4, 0.5) is 5.69 Å². The van der Waals surface area contributed by atoms with Crippen LogP contribution < -0.4 is 4.74 Å². The maximum absolute atomic E-state index is 6.09. The number of aliphatic imine (C=N–C) groups is 1. The largest absolute Gasteiger partial charge is 0.469 e. The number of benzene rings is 1. The van der Waals surface area contributed by atoms with Gasteiger partial charge in [0.15, 0.2) is 0 Å². The van der Waals surface area contributed by atoms with E-state index in [9.17, 15) is 0 Å². The van der Waals surface area contributed by atoms with E-state index in [-0.39, 0.29) is 6.10 Å². The minimum atomic E-state index is -0.0738. The van der Waals surface area contributed by atoms with Gasteiger partial charge in [-0.3, -0.25) is 0 Å². The summed E-state index contributed by atoms with van der Waals surface area (Å²) >= 11 is 3.56. The molecule has 0 bridgehead atoms. The number of ether oxygens (including phenoxy) is 1. The summed E-state index contributed by atoms with van der Waals surface area (Å²) in [6, 6.07) is 10.4. The Kier molecular flexibility index (Phi) is 7.00. The van der Waals surface area contributed by atoms with Crippen molar-refractivity contribution in [1.82, 2.24) is 9.88 Å². The first-order chi connectivity index (χ1) is 11.9. The quantitative estimate of drug-likeness (QED) is 0.454. The second kappa shape index (κ2) is 8.99. The lowest BCUT2D eigenvalue weighted by atomic mass is 10.1. The first-order valence-corrected chi connectivity index (χ1v) is 9.40. The summed E-state index contributed by atoms with van der Waals surface area (Å²) in [7, 11) is 1.99. The van der Waals surface area contributed by atoms with Gasteiger partial charge >= 0.3 is 0 Å². The van der Waals surface area contributed by atoms with Gasteiger partial charge in [-0.1, -0.05) is 31.2 Å². The van der Waals surface area contributed by atoms with Crippen LogP contribution in [0.2, 0.25) is 0 Å². The van der Waals surface area contributed by atoms with Crippen LogP contribution in [0.25, 0.3) is 0 Å². The number of aryl methyl sites for hydroxylation is 2. The normalized spacial score (nSPS) is 12.4. The van der Waals surface area contributed by atoms with Crippen molar-refractivity contribution in [3.05, 3.63) is 51.6 Å². The Labute approximate surface area is 159 Å². The summed E-state index contributed by atoms with van der Waals surface area (Å²) in [6.07, 6.45) is 2.76. The zero-order valence-electron chi connectivity index (χ0n) is 15.6. The fourth-order valence-electron chi connectivity index (χ4n) is 2.31. The Morgan fingerprint density at radius 3 is 2.76 bits per heavy atom. The molecule has 1 unspecified atom stereocenters. The van der Waals surface area contributed by atoms with Gasteiger partial charge in [0.05, 0.1) is 22.2 Å². The number of halogens is 1. The highest BCUT2D eigenvalue weighted by Crippen LogP contribution is 2.32. The monoisotopic (exact) mass is 403 g/mol. The maximum Gasteiger partial charge on any atom is 0.228 e. The van der Waals surface area contributed by atoms with E-state index >= 15 is 0 Å². The van der Waals surface area contributed by atoms with Crippen molar-refractivity contribution < 1.29 is 4.74 Å². The predicted octanol–water partition coefficient (Wildman–Crippen LogP) is 5.47. The van der Waals surface area contributed by atoms with E-state index in [0.717, 1.165) is 34.4 Å². The fraction of sp³-hybridized carbons (Fsp3) is 0.400. The average Bonchev–Trinajstić information content (AvgIpc) is 2.62. The molecular formula is C20H26BrN3O. The molecule has 0 aliphatic carbocycles. The Bertz CT molecular complexity index is 746. The number of rotatable bonds is 7. The Morgan fingerprint density at radius 2 is 2.08 bits per heavy atom. The smallest absolute Gasteiger partial charge is 0.228 e. The molecule has 0 saturated heterocycles. The standard InChI is InChI=1S/C20H26BrN3O/c1-6-16-9-8-10-17(11-16)15(4)25-20-18(21)12-19(14(3)23-20)22-13-24(5)7-2/h8-13,15H,6-7H2,1-5H3/b22-13+. The Balaban J connectivity index is 2.19. The number of hydrogen-bond acceptors (Lipinski definition) is 3. The van der Waals surface area contributed by atoms with E-state index in [1.54, 1.807) is 0 Å². The first-order valence-electron chi connectivity index (χ1n) is 8.61. The number of hydrogen-bond donors (Lipinski definition) is 0. The molecule has 0 saturated carbocycles. The molecule has 0 N–H and O–H groups in total. The van der Waals surface area contributed by atoms with Crippen molar-refractivity contribution in [2.45, 2.75) is 40.2 Å². The second-order valence-corrected chi connectivity index (χ2v) is 6.91. The summed E-state index contributed by atoms with van der Waals surface area (Å²) in [5, 5.41) is 0. The highest BCUT2D eigenvalue weighted by molar-refractivity contribution is 9.10. The van der Waals surface area contributed by atoms with Crippen molar-refractivity contribution >= 4 is 28.0 Å². The fourth-order valence-corrected chi connectivity index (χ4v) is 2.71. The highest BCUT2D eigenvalue weighted by atomic mass is 79.9. The zero-order valence-corrected chi connectivity index (χ0v) is 17.2. The van der Waals surface area contributed by atoms with Crippen molar-refractivity contribution in [3.63, 3.8) is 0 Å². The molecule has 5 heteroatoms. The van der Waals surface area contributed by atoms with Crippen LogP contribution in [0.1, 0.15) is 43.7 Å². The summed E-state index contributed by atoms with van der Waals surface area (Å²) in [6.45, 7) is 9.13. The molecule has 1 atom stereocenters. The van der Waals surface area contributed by atoms with Crippen molar-refractivity contribution in [1.29, 1.82) is 0 Å². The number of aromatic nitrogens is 1. The van der Waals surface area contributed by atoms with Gasteiger partial charge in [0.25, 0.3) is 0 Å². The molecule has 0 aliphatic heterocycles. The molecule has 4 nitrogen and oxygen atoms in total. The van der Waals surface area contributed by atoms with Crippen molar-refractivity contribution in [3.8, 4) is 5.88 Å². The van der Waals surface area contributed by atoms with Gasteiger partial charge in [0.2, 0.25) is 5.88 Å². The third kappa shape index (κ3) is 5.30. The lowest BCUT2D eigenvalue weighted by Gasteiger charge is -2.17. The molecule has 0 spiro atoms. The summed E-state index contributed by atoms with van der Waals surface area (Å²) in [4.78, 5) is 11.1. The molecule has 1 heterocycles. The molecule has 0 fully saturated rings. The molecule has 1 aromatic carbocycles. The zero-order chi connectivity index (χ0) is 18.4. The van der Waals surface area contributed by atoms with Gasteiger partial charge in [-0.25, -0.2) is 9.98 Å². The molecule has 25 heavy (non-hydrogen) atoms. The van der Waals surface area contributed by atoms with E-state index in [1.165, 1.54) is 5.56 Å². The van der Waals surface area contributed by atoms with Crippen LogP contribution >= 0.6 is 15.9 Å². The van der Waals surface area contributed by atoms with Gasteiger partial charge in [-0.2, -0.15) is 0 Å². The van der Waals surface area contributed by atoms with Gasteiger partial charge in [0.1, 0.15) is 6.10 Å². The third-order valence-corrected chi connectivity index (χ3v) is 4.69. The molecule has 2 rings (SSSR count). The molecule has 1 aromatic heterocycles. The summed E-state index contributed by atoms with van der Waals surface area (Å²) < 4.78 is 6.90. The second-order valence-electron chi connectivity index (χ2n) is 6.06. The van der Waals surface area contributed by atoms with Crippen molar-refractivity contribution in [2.24, 2.45) is 4.99 Å². The van der Waals surface area contributed by atoms with E-state index in [4.69, 9.17) is 4.74 Å². The van der Waals surface area contributed by atoms with Crippen LogP contribution in [0.15, 0.2) is 39.8 Å². The minimum Gasteiger partial charge on any atom is -0.469 e. The lowest BCUT2D eigenvalue weighted by Crippen LogP contribution is -2.14. The Hall–Kier alpha value is -1.88. The van der Waals surface area contributed by atoms with E-state index < -0.39 is 0 Å². The first kappa shape index (κ1) is 19.4. The van der Waals surface area contributed by atoms with Gasteiger partial charge in [-0.15, -0.1) is 0 Å². The summed E-state index contributed by atoms with van der Waals surface area (Å²) in [5.41, 5.74) is 4.13. The predicted molar refractivity (Wildman–Crippen MR) is 108 cm³/mol. The molecular weight excluding hydrogens is 378 g/mol. The number of nitrogens with zero attached hydrogens (tertiary/aromatic N) is 3. The van der Waals surface area contributed by atoms with Crippen LogP contribution in [-0.2, 0) is 6.42 Å². The molecule has 0 aliphatic rings. The van der Waals surface area contributed by atoms with E-state index in [2.05, 4.69) is 64.0 Å². The van der Waals surface area contributed by atoms with Crippen LogP contribution in [0.3, 0.4) is 0 Å². The molecule has 0 amide bonds.